The number of amides is 3. The molecule has 0 bridgehead atoms. The first-order valence-electron chi connectivity index (χ1n) is 6.77. The molecule has 1 unspecified atom stereocenters. The molecule has 0 spiro atoms. The van der Waals surface area contributed by atoms with Crippen LogP contribution in [0.4, 0.5) is 4.79 Å². The molecular weight excluding hydrogens is 262 g/mol. The van der Waals surface area contributed by atoms with Crippen LogP contribution in [-0.4, -0.2) is 64.5 Å². The van der Waals surface area contributed by atoms with Gasteiger partial charge in [-0.25, -0.2) is 4.79 Å². The minimum Gasteiger partial charge on any atom is -0.481 e. The van der Waals surface area contributed by atoms with Gasteiger partial charge in [-0.3, -0.25) is 9.59 Å². The molecule has 3 amide bonds. The second kappa shape index (κ2) is 4.64. The Bertz CT molecular complexity index is 463. The van der Waals surface area contributed by atoms with Crippen LogP contribution in [0, 0.1) is 5.41 Å². The average Bonchev–Trinajstić information content (AvgIpc) is 2.76. The number of piperazine rings is 1. The Balaban J connectivity index is 2.13. The van der Waals surface area contributed by atoms with Gasteiger partial charge in [0.1, 0.15) is 5.54 Å². The lowest BCUT2D eigenvalue weighted by atomic mass is 9.90. The zero-order valence-electron chi connectivity index (χ0n) is 12.1. The van der Waals surface area contributed by atoms with E-state index in [1.165, 1.54) is 9.80 Å². The van der Waals surface area contributed by atoms with Gasteiger partial charge in [-0.2, -0.15) is 0 Å². The van der Waals surface area contributed by atoms with Crippen LogP contribution >= 0.6 is 0 Å². The highest BCUT2D eigenvalue weighted by molar-refractivity contribution is 5.91. The maximum atomic E-state index is 12.6. The summed E-state index contributed by atoms with van der Waals surface area (Å²) in [5.41, 5.74) is -1.80. The van der Waals surface area contributed by atoms with E-state index in [1.807, 2.05) is 0 Å². The number of carbonyl (C=O) groups is 3. The quantitative estimate of drug-likeness (QED) is 0.715. The number of urea groups is 1. The topological polar surface area (TPSA) is 89.9 Å². The fourth-order valence-corrected chi connectivity index (χ4v) is 2.70. The summed E-state index contributed by atoms with van der Waals surface area (Å²) in [7, 11) is 0. The number of carboxylic acids is 1. The van der Waals surface area contributed by atoms with Crippen molar-refractivity contribution in [3.05, 3.63) is 0 Å². The van der Waals surface area contributed by atoms with Gasteiger partial charge in [0.25, 0.3) is 0 Å². The number of hydrogen-bond donors (Lipinski definition) is 2. The van der Waals surface area contributed by atoms with Crippen LogP contribution < -0.4 is 5.32 Å². The average molecular weight is 283 g/mol. The van der Waals surface area contributed by atoms with Crippen LogP contribution in [0.25, 0.3) is 0 Å². The van der Waals surface area contributed by atoms with E-state index in [9.17, 15) is 19.5 Å². The van der Waals surface area contributed by atoms with Crippen molar-refractivity contribution in [2.75, 3.05) is 26.2 Å². The van der Waals surface area contributed by atoms with Crippen molar-refractivity contribution in [1.29, 1.82) is 0 Å². The van der Waals surface area contributed by atoms with Crippen LogP contribution in [0.1, 0.15) is 27.2 Å². The van der Waals surface area contributed by atoms with E-state index in [0.29, 0.717) is 26.1 Å². The highest BCUT2D eigenvalue weighted by Crippen LogP contribution is 2.32. The molecule has 2 heterocycles. The van der Waals surface area contributed by atoms with Gasteiger partial charge in [0.2, 0.25) is 5.91 Å². The van der Waals surface area contributed by atoms with Gasteiger partial charge in [-0.1, -0.05) is 0 Å². The fraction of sp³-hybridized carbons (Fsp3) is 0.769. The molecule has 1 atom stereocenters. The number of aliphatic carboxylic acids is 1. The van der Waals surface area contributed by atoms with Gasteiger partial charge in [0, 0.05) is 26.2 Å². The minimum atomic E-state index is -0.905. The number of nitrogens with one attached hydrogen (secondary N) is 1. The first kappa shape index (κ1) is 14.6. The van der Waals surface area contributed by atoms with E-state index in [2.05, 4.69) is 5.32 Å². The van der Waals surface area contributed by atoms with Crippen LogP contribution in [0.2, 0.25) is 0 Å². The molecule has 0 aliphatic carbocycles. The zero-order valence-corrected chi connectivity index (χ0v) is 12.1. The van der Waals surface area contributed by atoms with Gasteiger partial charge >= 0.3 is 12.0 Å². The predicted molar refractivity (Wildman–Crippen MR) is 71.1 cm³/mol. The molecule has 7 nitrogen and oxygen atoms in total. The molecule has 2 fully saturated rings. The van der Waals surface area contributed by atoms with E-state index in [0.717, 1.165) is 0 Å². The number of carboxylic acid groups (broad SMARTS) is 1. The monoisotopic (exact) mass is 283 g/mol. The molecule has 20 heavy (non-hydrogen) atoms. The molecule has 2 aliphatic rings. The lowest BCUT2D eigenvalue weighted by molar-refractivity contribution is -0.147. The minimum absolute atomic E-state index is 0.183. The number of hydrogen-bond acceptors (Lipinski definition) is 3. The third kappa shape index (κ3) is 2.21. The Morgan fingerprint density at radius 3 is 2.45 bits per heavy atom. The molecular formula is C13H21N3O4. The molecule has 7 heteroatoms. The van der Waals surface area contributed by atoms with E-state index in [-0.39, 0.29) is 18.5 Å². The second-order valence-electron chi connectivity index (χ2n) is 6.29. The van der Waals surface area contributed by atoms with Gasteiger partial charge in [-0.05, 0) is 27.2 Å². The van der Waals surface area contributed by atoms with Gasteiger partial charge in [0.15, 0.2) is 0 Å². The predicted octanol–water partition coefficient (Wildman–Crippen LogP) is 0.113. The summed E-state index contributed by atoms with van der Waals surface area (Å²) in [5, 5.41) is 11.9. The first-order valence-corrected chi connectivity index (χ1v) is 6.77. The van der Waals surface area contributed by atoms with Crippen molar-refractivity contribution in [1.82, 2.24) is 15.1 Å². The summed E-state index contributed by atoms with van der Waals surface area (Å²) in [6, 6.07) is -0.255. The second-order valence-corrected chi connectivity index (χ2v) is 6.29. The molecule has 2 rings (SSSR count). The molecule has 0 radical (unpaired) electrons. The molecule has 0 aromatic rings. The van der Waals surface area contributed by atoms with Crippen molar-refractivity contribution < 1.29 is 19.5 Å². The van der Waals surface area contributed by atoms with Crippen molar-refractivity contribution in [2.24, 2.45) is 5.41 Å². The maximum Gasteiger partial charge on any atom is 0.320 e. The molecule has 2 aliphatic heterocycles. The summed E-state index contributed by atoms with van der Waals surface area (Å²) < 4.78 is 0. The van der Waals surface area contributed by atoms with Crippen LogP contribution in [0.5, 0.6) is 0 Å². The summed E-state index contributed by atoms with van der Waals surface area (Å²) >= 11 is 0. The standard InChI is InChI=1S/C13H21N3O4/c1-12(2)9(17)14-5-7-16(12)11(20)15-6-4-13(3,8-15)10(18)19/h4-8H2,1-3H3,(H,14,17)(H,18,19). The summed E-state index contributed by atoms with van der Waals surface area (Å²) in [6.07, 6.45) is 0.439. The van der Waals surface area contributed by atoms with E-state index < -0.39 is 16.9 Å². The van der Waals surface area contributed by atoms with Crippen molar-refractivity contribution in [2.45, 2.75) is 32.7 Å². The highest BCUT2D eigenvalue weighted by Gasteiger charge is 2.47. The molecule has 2 N–H and O–H groups in total. The Labute approximate surface area is 117 Å². The van der Waals surface area contributed by atoms with Crippen LogP contribution in [0.3, 0.4) is 0 Å². The van der Waals surface area contributed by atoms with Gasteiger partial charge in [-0.15, -0.1) is 0 Å². The van der Waals surface area contributed by atoms with E-state index in [1.54, 1.807) is 20.8 Å². The lowest BCUT2D eigenvalue weighted by Gasteiger charge is -2.42. The van der Waals surface area contributed by atoms with Gasteiger partial charge in [0.05, 0.1) is 5.41 Å². The molecule has 112 valence electrons. The Kier molecular flexibility index (Phi) is 3.39. The number of rotatable bonds is 1. The molecule has 0 saturated carbocycles. The third-order valence-electron chi connectivity index (χ3n) is 4.34. The lowest BCUT2D eigenvalue weighted by Crippen LogP contribution is -2.65. The van der Waals surface area contributed by atoms with Crippen LogP contribution in [0.15, 0.2) is 0 Å². The Morgan fingerprint density at radius 1 is 1.25 bits per heavy atom. The summed E-state index contributed by atoms with van der Waals surface area (Å²) in [6.45, 7) is 6.52. The molecule has 0 aromatic carbocycles. The highest BCUT2D eigenvalue weighted by atomic mass is 16.4. The number of carbonyl (C=O) groups excluding carboxylic acids is 2. The fourth-order valence-electron chi connectivity index (χ4n) is 2.70. The number of nitrogens with zero attached hydrogens (tertiary/aromatic N) is 2. The smallest absolute Gasteiger partial charge is 0.320 e. The van der Waals surface area contributed by atoms with Crippen LogP contribution in [-0.2, 0) is 9.59 Å². The zero-order chi connectivity index (χ0) is 15.1. The molecule has 2 saturated heterocycles. The van der Waals surface area contributed by atoms with E-state index in [4.69, 9.17) is 0 Å². The van der Waals surface area contributed by atoms with Gasteiger partial charge < -0.3 is 20.2 Å². The Morgan fingerprint density at radius 2 is 1.90 bits per heavy atom. The third-order valence-corrected chi connectivity index (χ3v) is 4.34. The van der Waals surface area contributed by atoms with Crippen molar-refractivity contribution in [3.8, 4) is 0 Å². The summed E-state index contributed by atoms with van der Waals surface area (Å²) in [4.78, 5) is 38.7. The normalized spacial score (nSPS) is 29.2. The van der Waals surface area contributed by atoms with Crippen molar-refractivity contribution in [3.63, 3.8) is 0 Å². The SMILES string of the molecule is CC1(C(=O)O)CCN(C(=O)N2CCNC(=O)C2(C)C)C1. The number of likely N-dealkylation sites (tertiary alicyclic amines) is 1. The largest absolute Gasteiger partial charge is 0.481 e. The molecule has 0 aromatic heterocycles. The van der Waals surface area contributed by atoms with Crippen molar-refractivity contribution >= 4 is 17.9 Å². The Hall–Kier alpha value is -1.79. The maximum absolute atomic E-state index is 12.6. The summed E-state index contributed by atoms with van der Waals surface area (Å²) in [5.74, 6) is -1.07. The van der Waals surface area contributed by atoms with E-state index >= 15 is 0 Å². The first-order chi connectivity index (χ1) is 9.18.